The van der Waals surface area contributed by atoms with Crippen LogP contribution in [-0.2, 0) is 9.53 Å². The van der Waals surface area contributed by atoms with Crippen molar-refractivity contribution in [2.24, 2.45) is 0 Å². The molecule has 3 rings (SSSR count). The smallest absolute Gasteiger partial charge is 0.248 e. The number of benzene rings is 1. The number of carbonyl (C=O) groups is 1. The Balaban J connectivity index is 1.72. The molecule has 0 bridgehead atoms. The summed E-state index contributed by atoms with van der Waals surface area (Å²) in [4.78, 5) is 13.9. The van der Waals surface area contributed by atoms with Gasteiger partial charge in [0.1, 0.15) is 12.4 Å². The Labute approximate surface area is 118 Å². The van der Waals surface area contributed by atoms with E-state index in [1.54, 1.807) is 11.0 Å². The van der Waals surface area contributed by atoms with Gasteiger partial charge in [-0.1, -0.05) is 6.07 Å². The van der Waals surface area contributed by atoms with Crippen LogP contribution in [-0.4, -0.2) is 43.7 Å². The third-order valence-electron chi connectivity index (χ3n) is 3.43. The molecule has 1 saturated heterocycles. The minimum absolute atomic E-state index is 0.00973. The van der Waals surface area contributed by atoms with Crippen molar-refractivity contribution in [1.29, 1.82) is 0 Å². The second-order valence-electron chi connectivity index (χ2n) is 5.02. The van der Waals surface area contributed by atoms with Gasteiger partial charge in [0, 0.05) is 19.2 Å². The van der Waals surface area contributed by atoms with E-state index in [-0.39, 0.29) is 5.91 Å². The highest BCUT2D eigenvalue weighted by Gasteiger charge is 2.18. The summed E-state index contributed by atoms with van der Waals surface area (Å²) in [6.45, 7) is 4.95. The molecule has 0 saturated carbocycles. The van der Waals surface area contributed by atoms with Crippen LogP contribution < -0.4 is 10.1 Å². The highest BCUT2D eigenvalue weighted by molar-refractivity contribution is 5.89. The number of nitrogens with one attached hydrogen (secondary N) is 1. The number of fused-ring (bicyclic) bond motifs is 1. The predicted molar refractivity (Wildman–Crippen MR) is 75.8 cm³/mol. The fourth-order valence-electron chi connectivity index (χ4n) is 2.33. The number of morpholine rings is 1. The summed E-state index contributed by atoms with van der Waals surface area (Å²) in [5.41, 5.74) is 2.86. The lowest BCUT2D eigenvalue weighted by molar-refractivity contribution is -0.130. The molecular weight excluding hydrogens is 256 g/mol. The fraction of sp³-hybridized carbons (Fsp3) is 0.400. The number of ether oxygens (including phenoxy) is 2. The molecule has 0 unspecified atom stereocenters. The molecule has 0 aromatic heterocycles. The van der Waals surface area contributed by atoms with E-state index in [2.05, 4.69) is 5.32 Å². The monoisotopic (exact) mass is 274 g/mol. The molecule has 2 aliphatic heterocycles. The lowest BCUT2D eigenvalue weighted by Gasteiger charge is -2.27. The normalized spacial score (nSPS) is 20.1. The Morgan fingerprint density at radius 1 is 1.35 bits per heavy atom. The molecule has 106 valence electrons. The van der Waals surface area contributed by atoms with Crippen LogP contribution in [0.1, 0.15) is 5.56 Å². The van der Waals surface area contributed by atoms with Gasteiger partial charge in [-0.25, -0.2) is 0 Å². The minimum atomic E-state index is 0.00973. The summed E-state index contributed by atoms with van der Waals surface area (Å²) in [7, 11) is 0. The standard InChI is InChI=1S/C15H18N2O3/c1-11-2-3-14-13(8-11)16-12(10-20-14)9-15(18)17-4-6-19-7-5-17/h2-3,8-9,16H,4-7,10H2,1H3/b12-9-. The number of rotatable bonds is 1. The lowest BCUT2D eigenvalue weighted by atomic mass is 10.2. The van der Waals surface area contributed by atoms with Gasteiger partial charge in [-0.15, -0.1) is 0 Å². The average Bonchev–Trinajstić information content (AvgIpc) is 2.47. The summed E-state index contributed by atoms with van der Waals surface area (Å²) in [5.74, 6) is 0.835. The first kappa shape index (κ1) is 13.0. The first-order chi connectivity index (χ1) is 9.72. The summed E-state index contributed by atoms with van der Waals surface area (Å²) in [6, 6.07) is 5.97. The van der Waals surface area contributed by atoms with Gasteiger partial charge in [0.2, 0.25) is 5.91 Å². The van der Waals surface area contributed by atoms with Crippen molar-refractivity contribution >= 4 is 11.6 Å². The van der Waals surface area contributed by atoms with Crippen molar-refractivity contribution in [3.05, 3.63) is 35.5 Å². The highest BCUT2D eigenvalue weighted by atomic mass is 16.5. The fourth-order valence-corrected chi connectivity index (χ4v) is 2.33. The molecular formula is C15H18N2O3. The van der Waals surface area contributed by atoms with Gasteiger partial charge in [0.05, 0.1) is 24.6 Å². The van der Waals surface area contributed by atoms with Crippen LogP contribution >= 0.6 is 0 Å². The second kappa shape index (κ2) is 5.54. The average molecular weight is 274 g/mol. The molecule has 1 aromatic carbocycles. The van der Waals surface area contributed by atoms with E-state index in [4.69, 9.17) is 9.47 Å². The van der Waals surface area contributed by atoms with Gasteiger partial charge in [-0.05, 0) is 24.6 Å². The Morgan fingerprint density at radius 3 is 2.95 bits per heavy atom. The van der Waals surface area contributed by atoms with Crippen molar-refractivity contribution in [2.45, 2.75) is 6.92 Å². The zero-order chi connectivity index (χ0) is 13.9. The van der Waals surface area contributed by atoms with E-state index < -0.39 is 0 Å². The van der Waals surface area contributed by atoms with Crippen LogP contribution in [0.4, 0.5) is 5.69 Å². The van der Waals surface area contributed by atoms with E-state index in [1.165, 1.54) is 0 Å². The van der Waals surface area contributed by atoms with Gasteiger partial charge >= 0.3 is 0 Å². The van der Waals surface area contributed by atoms with Crippen LogP contribution in [0.2, 0.25) is 0 Å². The maximum Gasteiger partial charge on any atom is 0.248 e. The molecule has 0 spiro atoms. The maximum atomic E-state index is 12.1. The molecule has 0 radical (unpaired) electrons. The van der Waals surface area contributed by atoms with Crippen molar-refractivity contribution < 1.29 is 14.3 Å². The van der Waals surface area contributed by atoms with E-state index in [1.807, 2.05) is 25.1 Å². The lowest BCUT2D eigenvalue weighted by Crippen LogP contribution is -2.40. The molecule has 1 aromatic rings. The van der Waals surface area contributed by atoms with Crippen LogP contribution in [0.3, 0.4) is 0 Å². The quantitative estimate of drug-likeness (QED) is 0.789. The van der Waals surface area contributed by atoms with Gasteiger partial charge in [-0.2, -0.15) is 0 Å². The summed E-state index contributed by atoms with van der Waals surface area (Å²) < 4.78 is 10.9. The molecule has 1 amide bonds. The van der Waals surface area contributed by atoms with Gasteiger partial charge in [0.25, 0.3) is 0 Å². The van der Waals surface area contributed by atoms with Crippen molar-refractivity contribution in [3.63, 3.8) is 0 Å². The molecule has 2 heterocycles. The van der Waals surface area contributed by atoms with E-state index in [0.717, 1.165) is 22.7 Å². The number of aryl methyl sites for hydroxylation is 1. The SMILES string of the molecule is Cc1ccc2c(c1)N/C(=C\C(=O)N1CCOCC1)CO2. The maximum absolute atomic E-state index is 12.1. The molecule has 20 heavy (non-hydrogen) atoms. The number of carbonyl (C=O) groups excluding carboxylic acids is 1. The Hall–Kier alpha value is -2.01. The summed E-state index contributed by atoms with van der Waals surface area (Å²) >= 11 is 0. The first-order valence-electron chi connectivity index (χ1n) is 6.80. The Morgan fingerprint density at radius 2 is 2.15 bits per heavy atom. The Bertz CT molecular complexity index is 548. The van der Waals surface area contributed by atoms with E-state index in [9.17, 15) is 4.79 Å². The zero-order valence-electron chi connectivity index (χ0n) is 11.5. The number of anilines is 1. The topological polar surface area (TPSA) is 50.8 Å². The van der Waals surface area contributed by atoms with Crippen molar-refractivity contribution in [2.75, 3.05) is 38.2 Å². The Kier molecular flexibility index (Phi) is 3.60. The molecule has 0 atom stereocenters. The van der Waals surface area contributed by atoms with E-state index >= 15 is 0 Å². The molecule has 0 aliphatic carbocycles. The van der Waals surface area contributed by atoms with Crippen LogP contribution in [0, 0.1) is 6.92 Å². The van der Waals surface area contributed by atoms with Gasteiger partial charge < -0.3 is 19.7 Å². The summed E-state index contributed by atoms with van der Waals surface area (Å²) in [5, 5.41) is 3.27. The summed E-state index contributed by atoms with van der Waals surface area (Å²) in [6.07, 6.45) is 1.62. The zero-order valence-corrected chi connectivity index (χ0v) is 11.5. The van der Waals surface area contributed by atoms with Gasteiger partial charge in [0.15, 0.2) is 0 Å². The molecule has 5 nitrogen and oxygen atoms in total. The van der Waals surface area contributed by atoms with Crippen LogP contribution in [0.25, 0.3) is 0 Å². The minimum Gasteiger partial charge on any atom is -0.485 e. The number of hydrogen-bond acceptors (Lipinski definition) is 4. The molecule has 1 fully saturated rings. The van der Waals surface area contributed by atoms with Crippen molar-refractivity contribution in [1.82, 2.24) is 4.90 Å². The molecule has 2 aliphatic rings. The van der Waals surface area contributed by atoms with Gasteiger partial charge in [-0.3, -0.25) is 4.79 Å². The van der Waals surface area contributed by atoms with Crippen LogP contribution in [0.5, 0.6) is 5.75 Å². The number of amides is 1. The third kappa shape index (κ3) is 2.77. The number of hydrogen-bond donors (Lipinski definition) is 1. The number of nitrogens with zero attached hydrogens (tertiary/aromatic N) is 1. The third-order valence-corrected chi connectivity index (χ3v) is 3.43. The van der Waals surface area contributed by atoms with E-state index in [0.29, 0.717) is 32.9 Å². The second-order valence-corrected chi connectivity index (χ2v) is 5.02. The highest BCUT2D eigenvalue weighted by Crippen LogP contribution is 2.30. The van der Waals surface area contributed by atoms with Crippen molar-refractivity contribution in [3.8, 4) is 5.75 Å². The largest absolute Gasteiger partial charge is 0.485 e. The molecule has 5 heteroatoms. The van der Waals surface area contributed by atoms with Crippen LogP contribution in [0.15, 0.2) is 30.0 Å². The molecule has 1 N–H and O–H groups in total. The first-order valence-corrected chi connectivity index (χ1v) is 6.80. The predicted octanol–water partition coefficient (Wildman–Crippen LogP) is 1.54.